The first kappa shape index (κ1) is 9.61. The summed E-state index contributed by atoms with van der Waals surface area (Å²) in [6.07, 6.45) is 4.93. The molecular formula is C9H17N5. The summed E-state index contributed by atoms with van der Waals surface area (Å²) in [6, 6.07) is 0.311. The Kier molecular flexibility index (Phi) is 2.28. The Labute approximate surface area is 83.7 Å². The summed E-state index contributed by atoms with van der Waals surface area (Å²) in [5.41, 5.74) is 3.25. The SMILES string of the molecule is Cn1ncnc1CC(NN)C1(C)CC1. The van der Waals surface area contributed by atoms with Crippen LogP contribution in [0.3, 0.4) is 0 Å². The van der Waals surface area contributed by atoms with Gasteiger partial charge in [-0.15, -0.1) is 0 Å². The lowest BCUT2D eigenvalue weighted by Gasteiger charge is -2.21. The van der Waals surface area contributed by atoms with E-state index in [1.165, 1.54) is 12.8 Å². The maximum atomic E-state index is 5.56. The second kappa shape index (κ2) is 3.33. The number of rotatable bonds is 4. The third-order valence-corrected chi connectivity index (χ3v) is 3.27. The number of nitrogens with one attached hydrogen (secondary N) is 1. The molecule has 1 heterocycles. The van der Waals surface area contributed by atoms with Crippen molar-refractivity contribution < 1.29 is 0 Å². The number of hydrazine groups is 1. The molecule has 1 saturated carbocycles. The predicted octanol–water partition coefficient (Wildman–Crippen LogP) is -0.0104. The van der Waals surface area contributed by atoms with Gasteiger partial charge in [0, 0.05) is 19.5 Å². The molecular weight excluding hydrogens is 178 g/mol. The molecule has 1 unspecified atom stereocenters. The van der Waals surface area contributed by atoms with Gasteiger partial charge in [0.05, 0.1) is 0 Å². The van der Waals surface area contributed by atoms with Gasteiger partial charge in [0.1, 0.15) is 12.2 Å². The first-order valence-electron chi connectivity index (χ1n) is 4.95. The summed E-state index contributed by atoms with van der Waals surface area (Å²) < 4.78 is 1.80. The normalized spacial score (nSPS) is 20.8. The van der Waals surface area contributed by atoms with Crippen molar-refractivity contribution in [3.05, 3.63) is 12.2 Å². The molecule has 14 heavy (non-hydrogen) atoms. The van der Waals surface area contributed by atoms with Crippen molar-refractivity contribution >= 4 is 0 Å². The van der Waals surface area contributed by atoms with E-state index in [2.05, 4.69) is 22.4 Å². The van der Waals surface area contributed by atoms with Gasteiger partial charge >= 0.3 is 0 Å². The van der Waals surface area contributed by atoms with E-state index in [0.29, 0.717) is 11.5 Å². The average molecular weight is 195 g/mol. The Morgan fingerprint density at radius 2 is 2.43 bits per heavy atom. The van der Waals surface area contributed by atoms with Crippen LogP contribution in [-0.2, 0) is 13.5 Å². The van der Waals surface area contributed by atoms with Crippen LogP contribution in [-0.4, -0.2) is 20.8 Å². The predicted molar refractivity (Wildman–Crippen MR) is 53.2 cm³/mol. The zero-order valence-electron chi connectivity index (χ0n) is 8.70. The van der Waals surface area contributed by atoms with Gasteiger partial charge in [-0.1, -0.05) is 6.92 Å². The zero-order valence-corrected chi connectivity index (χ0v) is 8.70. The highest BCUT2D eigenvalue weighted by Gasteiger charge is 2.44. The lowest BCUT2D eigenvalue weighted by molar-refractivity contribution is 0.350. The minimum absolute atomic E-state index is 0.311. The van der Waals surface area contributed by atoms with Gasteiger partial charge in [-0.3, -0.25) is 16.0 Å². The Balaban J connectivity index is 2.05. The molecule has 0 radical (unpaired) electrons. The number of hydrogen-bond acceptors (Lipinski definition) is 4. The smallest absolute Gasteiger partial charge is 0.138 e. The Morgan fingerprint density at radius 1 is 1.71 bits per heavy atom. The van der Waals surface area contributed by atoms with Crippen LogP contribution in [0.4, 0.5) is 0 Å². The van der Waals surface area contributed by atoms with E-state index in [1.807, 2.05) is 7.05 Å². The highest BCUT2D eigenvalue weighted by molar-refractivity contribution is 5.02. The molecule has 1 aromatic rings. The molecule has 1 fully saturated rings. The maximum absolute atomic E-state index is 5.56. The van der Waals surface area contributed by atoms with E-state index in [4.69, 9.17) is 5.84 Å². The van der Waals surface area contributed by atoms with Crippen LogP contribution in [0.25, 0.3) is 0 Å². The summed E-state index contributed by atoms with van der Waals surface area (Å²) >= 11 is 0. The van der Waals surface area contributed by atoms with Crippen LogP contribution in [0.1, 0.15) is 25.6 Å². The van der Waals surface area contributed by atoms with Crippen molar-refractivity contribution in [1.82, 2.24) is 20.2 Å². The molecule has 0 bridgehead atoms. The fraction of sp³-hybridized carbons (Fsp3) is 0.778. The molecule has 5 nitrogen and oxygen atoms in total. The molecule has 1 aromatic heterocycles. The molecule has 1 atom stereocenters. The second-order valence-corrected chi connectivity index (χ2v) is 4.38. The van der Waals surface area contributed by atoms with Gasteiger partial charge in [0.2, 0.25) is 0 Å². The molecule has 3 N–H and O–H groups in total. The molecule has 2 rings (SSSR count). The van der Waals surface area contributed by atoms with Crippen molar-refractivity contribution in [2.45, 2.75) is 32.2 Å². The fourth-order valence-corrected chi connectivity index (χ4v) is 1.74. The fourth-order valence-electron chi connectivity index (χ4n) is 1.74. The molecule has 1 aliphatic rings. The third-order valence-electron chi connectivity index (χ3n) is 3.27. The van der Waals surface area contributed by atoms with E-state index in [1.54, 1.807) is 11.0 Å². The molecule has 0 spiro atoms. The van der Waals surface area contributed by atoms with Crippen LogP contribution >= 0.6 is 0 Å². The van der Waals surface area contributed by atoms with Crippen LogP contribution in [0.2, 0.25) is 0 Å². The highest BCUT2D eigenvalue weighted by Crippen LogP contribution is 2.48. The number of aromatic nitrogens is 3. The Morgan fingerprint density at radius 3 is 2.86 bits per heavy atom. The topological polar surface area (TPSA) is 68.8 Å². The molecule has 78 valence electrons. The summed E-state index contributed by atoms with van der Waals surface area (Å²) in [4.78, 5) is 4.20. The van der Waals surface area contributed by atoms with Crippen LogP contribution in [0.15, 0.2) is 6.33 Å². The Hall–Kier alpha value is -0.940. The number of nitrogens with zero attached hydrogens (tertiary/aromatic N) is 3. The van der Waals surface area contributed by atoms with E-state index in [9.17, 15) is 0 Å². The van der Waals surface area contributed by atoms with E-state index < -0.39 is 0 Å². The van der Waals surface area contributed by atoms with Crippen LogP contribution in [0.5, 0.6) is 0 Å². The number of aryl methyl sites for hydroxylation is 1. The van der Waals surface area contributed by atoms with Gasteiger partial charge in [0.15, 0.2) is 0 Å². The molecule has 0 aromatic carbocycles. The minimum Gasteiger partial charge on any atom is -0.271 e. The van der Waals surface area contributed by atoms with Crippen molar-refractivity contribution in [3.63, 3.8) is 0 Å². The maximum Gasteiger partial charge on any atom is 0.138 e. The van der Waals surface area contributed by atoms with Crippen molar-refractivity contribution in [1.29, 1.82) is 0 Å². The average Bonchev–Trinajstić information content (AvgIpc) is 2.77. The molecule has 1 aliphatic carbocycles. The van der Waals surface area contributed by atoms with Gasteiger partial charge in [-0.25, -0.2) is 4.98 Å². The standard InChI is InChI=1S/C9H17N5/c1-9(3-4-9)7(13-10)5-8-11-6-12-14(8)2/h6-7,13H,3-5,10H2,1-2H3. The van der Waals surface area contributed by atoms with Crippen LogP contribution < -0.4 is 11.3 Å². The monoisotopic (exact) mass is 195 g/mol. The van der Waals surface area contributed by atoms with Gasteiger partial charge in [0.25, 0.3) is 0 Å². The molecule has 0 aliphatic heterocycles. The molecule has 5 heteroatoms. The summed E-state index contributed by atoms with van der Waals surface area (Å²) in [7, 11) is 1.91. The summed E-state index contributed by atoms with van der Waals surface area (Å²) in [5, 5.41) is 4.04. The zero-order chi connectivity index (χ0) is 10.2. The van der Waals surface area contributed by atoms with Crippen molar-refractivity contribution in [2.75, 3.05) is 0 Å². The minimum atomic E-state index is 0.311. The van der Waals surface area contributed by atoms with Gasteiger partial charge in [-0.05, 0) is 18.3 Å². The second-order valence-electron chi connectivity index (χ2n) is 4.38. The first-order chi connectivity index (χ1) is 6.65. The summed E-state index contributed by atoms with van der Waals surface area (Å²) in [5.74, 6) is 6.55. The van der Waals surface area contributed by atoms with E-state index in [-0.39, 0.29) is 0 Å². The molecule has 0 saturated heterocycles. The van der Waals surface area contributed by atoms with E-state index in [0.717, 1.165) is 12.2 Å². The molecule has 0 amide bonds. The largest absolute Gasteiger partial charge is 0.271 e. The van der Waals surface area contributed by atoms with E-state index >= 15 is 0 Å². The summed E-state index contributed by atoms with van der Waals surface area (Å²) in [6.45, 7) is 2.26. The quantitative estimate of drug-likeness (QED) is 0.524. The Bertz CT molecular complexity index is 315. The number of hydrogen-bond donors (Lipinski definition) is 2. The lowest BCUT2D eigenvalue weighted by atomic mass is 9.96. The first-order valence-corrected chi connectivity index (χ1v) is 4.95. The lowest BCUT2D eigenvalue weighted by Crippen LogP contribution is -2.43. The van der Waals surface area contributed by atoms with Crippen molar-refractivity contribution in [2.24, 2.45) is 18.3 Å². The van der Waals surface area contributed by atoms with Crippen molar-refractivity contribution in [3.8, 4) is 0 Å². The van der Waals surface area contributed by atoms with Gasteiger partial charge in [-0.2, -0.15) is 5.10 Å². The number of nitrogens with two attached hydrogens (primary N) is 1. The van der Waals surface area contributed by atoms with Gasteiger partial charge < -0.3 is 0 Å². The van der Waals surface area contributed by atoms with Crippen LogP contribution in [0, 0.1) is 5.41 Å². The third kappa shape index (κ3) is 1.65. The highest BCUT2D eigenvalue weighted by atomic mass is 15.3.